The molecule has 1 aliphatic carbocycles. The molecule has 1 heterocycles. The molecule has 0 unspecified atom stereocenters. The summed E-state index contributed by atoms with van der Waals surface area (Å²) in [6.07, 6.45) is 7.22. The zero-order valence-corrected chi connectivity index (χ0v) is 12.2. The van der Waals surface area contributed by atoms with E-state index in [1.165, 1.54) is 25.7 Å². The number of nitrogens with zero attached hydrogens (tertiary/aromatic N) is 2. The number of benzene rings is 1. The van der Waals surface area contributed by atoms with Gasteiger partial charge in [0.05, 0.1) is 11.7 Å². The van der Waals surface area contributed by atoms with Crippen molar-refractivity contribution in [3.8, 4) is 5.75 Å². The van der Waals surface area contributed by atoms with Gasteiger partial charge in [0.1, 0.15) is 12.4 Å². The average Bonchev–Trinajstić information content (AvgIpc) is 3.16. The van der Waals surface area contributed by atoms with Crippen molar-refractivity contribution in [2.45, 2.75) is 44.2 Å². The Balaban J connectivity index is 1.57. The molecule has 1 aromatic heterocycles. The number of alkyl halides is 1. The number of halogens is 1. The van der Waals surface area contributed by atoms with Crippen molar-refractivity contribution in [1.82, 2.24) is 9.78 Å². The SMILES string of the molecule is ClCc1ccc(OCc2ccn(C3CCCC3)n2)cc1. The first-order chi connectivity index (χ1) is 9.85. The van der Waals surface area contributed by atoms with Gasteiger partial charge < -0.3 is 4.74 Å². The van der Waals surface area contributed by atoms with Crippen LogP contribution >= 0.6 is 11.6 Å². The lowest BCUT2D eigenvalue weighted by Crippen LogP contribution is -2.06. The van der Waals surface area contributed by atoms with E-state index >= 15 is 0 Å². The van der Waals surface area contributed by atoms with Crippen LogP contribution in [0.15, 0.2) is 36.5 Å². The first-order valence-electron chi connectivity index (χ1n) is 7.17. The minimum absolute atomic E-state index is 0.514. The van der Waals surface area contributed by atoms with Crippen LogP contribution in [0.25, 0.3) is 0 Å². The molecule has 3 nitrogen and oxygen atoms in total. The lowest BCUT2D eigenvalue weighted by atomic mass is 10.2. The summed E-state index contributed by atoms with van der Waals surface area (Å²) in [6.45, 7) is 0.514. The highest BCUT2D eigenvalue weighted by Gasteiger charge is 2.17. The molecular weight excluding hydrogens is 272 g/mol. The van der Waals surface area contributed by atoms with Crippen molar-refractivity contribution < 1.29 is 4.74 Å². The Labute approximate surface area is 124 Å². The van der Waals surface area contributed by atoms with Crippen molar-refractivity contribution in [2.75, 3.05) is 0 Å². The summed E-state index contributed by atoms with van der Waals surface area (Å²) in [6, 6.07) is 10.5. The largest absolute Gasteiger partial charge is 0.487 e. The zero-order chi connectivity index (χ0) is 13.8. The molecule has 0 radical (unpaired) electrons. The minimum atomic E-state index is 0.514. The topological polar surface area (TPSA) is 27.1 Å². The van der Waals surface area contributed by atoms with Crippen molar-refractivity contribution in [3.05, 3.63) is 47.8 Å². The van der Waals surface area contributed by atoms with Crippen LogP contribution in [-0.4, -0.2) is 9.78 Å². The van der Waals surface area contributed by atoms with E-state index in [2.05, 4.69) is 16.0 Å². The van der Waals surface area contributed by atoms with Gasteiger partial charge in [-0.25, -0.2) is 0 Å². The van der Waals surface area contributed by atoms with Crippen LogP contribution in [0.3, 0.4) is 0 Å². The van der Waals surface area contributed by atoms with Crippen LogP contribution in [-0.2, 0) is 12.5 Å². The Kier molecular flexibility index (Phi) is 4.26. The van der Waals surface area contributed by atoms with E-state index < -0.39 is 0 Å². The highest BCUT2D eigenvalue weighted by atomic mass is 35.5. The molecule has 1 aliphatic rings. The Bertz CT molecular complexity index is 544. The third kappa shape index (κ3) is 3.15. The smallest absolute Gasteiger partial charge is 0.132 e. The number of hydrogen-bond acceptors (Lipinski definition) is 2. The fourth-order valence-corrected chi connectivity index (χ4v) is 2.84. The average molecular weight is 291 g/mol. The number of ether oxygens (including phenoxy) is 1. The van der Waals surface area contributed by atoms with E-state index in [4.69, 9.17) is 16.3 Å². The van der Waals surface area contributed by atoms with Gasteiger partial charge in [0, 0.05) is 12.1 Å². The van der Waals surface area contributed by atoms with Gasteiger partial charge in [-0.3, -0.25) is 4.68 Å². The maximum Gasteiger partial charge on any atom is 0.132 e. The van der Waals surface area contributed by atoms with Crippen LogP contribution in [0.2, 0.25) is 0 Å². The van der Waals surface area contributed by atoms with Gasteiger partial charge in [0.15, 0.2) is 0 Å². The molecule has 1 fully saturated rings. The van der Waals surface area contributed by atoms with Gasteiger partial charge >= 0.3 is 0 Å². The monoisotopic (exact) mass is 290 g/mol. The molecule has 4 heteroatoms. The van der Waals surface area contributed by atoms with Crippen LogP contribution in [0.1, 0.15) is 43.0 Å². The molecule has 0 saturated heterocycles. The molecular formula is C16H19ClN2O. The van der Waals surface area contributed by atoms with E-state index in [0.29, 0.717) is 18.5 Å². The molecule has 0 N–H and O–H groups in total. The summed E-state index contributed by atoms with van der Waals surface area (Å²) in [5, 5.41) is 4.61. The molecule has 0 bridgehead atoms. The summed E-state index contributed by atoms with van der Waals surface area (Å²) < 4.78 is 7.85. The first kappa shape index (κ1) is 13.5. The van der Waals surface area contributed by atoms with Crippen LogP contribution in [0, 0.1) is 0 Å². The molecule has 0 amide bonds. The second kappa shape index (κ2) is 6.31. The maximum absolute atomic E-state index is 5.76. The summed E-state index contributed by atoms with van der Waals surface area (Å²) >= 11 is 5.76. The van der Waals surface area contributed by atoms with E-state index in [9.17, 15) is 0 Å². The second-order valence-electron chi connectivity index (χ2n) is 5.29. The predicted octanol–water partition coefficient (Wildman–Crippen LogP) is 4.32. The third-order valence-corrected chi connectivity index (χ3v) is 4.14. The Morgan fingerprint density at radius 2 is 1.90 bits per heavy atom. The van der Waals surface area contributed by atoms with Gasteiger partial charge in [-0.2, -0.15) is 5.10 Å². The summed E-state index contributed by atoms with van der Waals surface area (Å²) in [5.74, 6) is 1.39. The first-order valence-corrected chi connectivity index (χ1v) is 7.70. The maximum atomic E-state index is 5.76. The quantitative estimate of drug-likeness (QED) is 0.767. The van der Waals surface area contributed by atoms with E-state index in [1.54, 1.807) is 0 Å². The van der Waals surface area contributed by atoms with Crippen molar-refractivity contribution in [3.63, 3.8) is 0 Å². The second-order valence-corrected chi connectivity index (χ2v) is 5.56. The fourth-order valence-electron chi connectivity index (χ4n) is 2.66. The summed E-state index contributed by atoms with van der Waals surface area (Å²) in [7, 11) is 0. The normalized spacial score (nSPS) is 15.7. The van der Waals surface area contributed by atoms with Crippen molar-refractivity contribution in [2.24, 2.45) is 0 Å². The highest BCUT2D eigenvalue weighted by Crippen LogP contribution is 2.28. The Morgan fingerprint density at radius 3 is 2.60 bits per heavy atom. The van der Waals surface area contributed by atoms with Gasteiger partial charge in [-0.15, -0.1) is 11.6 Å². The fraction of sp³-hybridized carbons (Fsp3) is 0.438. The number of aromatic nitrogens is 2. The highest BCUT2D eigenvalue weighted by molar-refractivity contribution is 6.17. The standard InChI is InChI=1S/C16H19ClN2O/c17-11-13-5-7-16(8-6-13)20-12-14-9-10-19(18-14)15-3-1-2-4-15/h5-10,15H,1-4,11-12H2. The lowest BCUT2D eigenvalue weighted by Gasteiger charge is -2.09. The Morgan fingerprint density at radius 1 is 1.15 bits per heavy atom. The predicted molar refractivity (Wildman–Crippen MR) is 80.1 cm³/mol. The van der Waals surface area contributed by atoms with Crippen LogP contribution in [0.4, 0.5) is 0 Å². The lowest BCUT2D eigenvalue weighted by molar-refractivity contribution is 0.298. The van der Waals surface area contributed by atoms with Gasteiger partial charge in [-0.05, 0) is 36.6 Å². The molecule has 20 heavy (non-hydrogen) atoms. The molecule has 0 atom stereocenters. The van der Waals surface area contributed by atoms with Crippen molar-refractivity contribution in [1.29, 1.82) is 0 Å². The molecule has 106 valence electrons. The summed E-state index contributed by atoms with van der Waals surface area (Å²) in [5.41, 5.74) is 2.09. The molecule has 0 spiro atoms. The molecule has 3 rings (SSSR count). The van der Waals surface area contributed by atoms with Gasteiger partial charge in [0.2, 0.25) is 0 Å². The minimum Gasteiger partial charge on any atom is -0.487 e. The Hall–Kier alpha value is -1.48. The van der Waals surface area contributed by atoms with Crippen molar-refractivity contribution >= 4 is 11.6 Å². The molecule has 1 saturated carbocycles. The van der Waals surface area contributed by atoms with Crippen LogP contribution < -0.4 is 4.74 Å². The van der Waals surface area contributed by atoms with E-state index in [-0.39, 0.29) is 0 Å². The third-order valence-electron chi connectivity index (χ3n) is 3.83. The molecule has 1 aromatic carbocycles. The molecule has 2 aromatic rings. The van der Waals surface area contributed by atoms with Gasteiger partial charge in [-0.1, -0.05) is 25.0 Å². The number of rotatable bonds is 5. The summed E-state index contributed by atoms with van der Waals surface area (Å²) in [4.78, 5) is 0. The zero-order valence-electron chi connectivity index (χ0n) is 11.5. The molecule has 0 aliphatic heterocycles. The van der Waals surface area contributed by atoms with E-state index in [1.807, 2.05) is 30.3 Å². The van der Waals surface area contributed by atoms with E-state index in [0.717, 1.165) is 17.0 Å². The van der Waals surface area contributed by atoms with Gasteiger partial charge in [0.25, 0.3) is 0 Å². The number of hydrogen-bond donors (Lipinski definition) is 0. The van der Waals surface area contributed by atoms with Crippen LogP contribution in [0.5, 0.6) is 5.75 Å².